The summed E-state index contributed by atoms with van der Waals surface area (Å²) in [6.45, 7) is 0. The van der Waals surface area contributed by atoms with E-state index in [2.05, 4.69) is 25.9 Å². The van der Waals surface area contributed by atoms with Gasteiger partial charge in [0.1, 0.15) is 10.9 Å². The minimum Gasteiger partial charge on any atom is -0.361 e. The Bertz CT molecular complexity index is 2010. The number of carbonyl (C=O) groups excluding carboxylic acids is 3. The summed E-state index contributed by atoms with van der Waals surface area (Å²) in [6.07, 6.45) is 6.69. The zero-order chi connectivity index (χ0) is 31.7. The van der Waals surface area contributed by atoms with Crippen LogP contribution in [-0.4, -0.2) is 27.7 Å². The summed E-state index contributed by atoms with van der Waals surface area (Å²) in [4.78, 5) is 48.3. The number of aromatic amines is 1. The molecular formula is C37H29N5O3S. The predicted molar refractivity (Wildman–Crippen MR) is 183 cm³/mol. The Hall–Kier alpha value is -5.93. The van der Waals surface area contributed by atoms with E-state index in [-0.39, 0.29) is 11.6 Å². The Labute approximate surface area is 270 Å². The number of hydrogen-bond acceptors (Lipinski definition) is 5. The lowest BCUT2D eigenvalue weighted by Crippen LogP contribution is -2.30. The summed E-state index contributed by atoms with van der Waals surface area (Å²) in [5.74, 6) is -1.09. The van der Waals surface area contributed by atoms with Crippen LogP contribution in [0.5, 0.6) is 0 Å². The van der Waals surface area contributed by atoms with Crippen LogP contribution >= 0.6 is 11.8 Å². The van der Waals surface area contributed by atoms with Gasteiger partial charge in [0.25, 0.3) is 11.8 Å². The maximum absolute atomic E-state index is 13.7. The number of H-pyrrole nitrogens is 1. The maximum Gasteiger partial charge on any atom is 0.272 e. The van der Waals surface area contributed by atoms with Crippen LogP contribution in [0.2, 0.25) is 0 Å². The Morgan fingerprint density at radius 1 is 0.739 bits per heavy atom. The van der Waals surface area contributed by atoms with Gasteiger partial charge in [-0.1, -0.05) is 72.8 Å². The van der Waals surface area contributed by atoms with Crippen molar-refractivity contribution in [1.82, 2.24) is 15.3 Å². The van der Waals surface area contributed by atoms with Gasteiger partial charge in [0.05, 0.1) is 0 Å². The van der Waals surface area contributed by atoms with Crippen molar-refractivity contribution in [1.29, 1.82) is 0 Å². The van der Waals surface area contributed by atoms with Gasteiger partial charge in [0, 0.05) is 56.9 Å². The molecule has 0 bridgehead atoms. The van der Waals surface area contributed by atoms with Gasteiger partial charge in [-0.2, -0.15) is 0 Å². The molecule has 6 aromatic rings. The molecule has 0 spiro atoms. The molecule has 0 aliphatic rings. The molecule has 2 heterocycles. The highest BCUT2D eigenvalue weighted by Gasteiger charge is 2.23. The van der Waals surface area contributed by atoms with E-state index in [4.69, 9.17) is 0 Å². The zero-order valence-corrected chi connectivity index (χ0v) is 25.3. The quantitative estimate of drug-likeness (QED) is 0.0935. The van der Waals surface area contributed by atoms with Gasteiger partial charge in [-0.25, -0.2) is 0 Å². The van der Waals surface area contributed by atoms with E-state index in [0.29, 0.717) is 16.9 Å². The van der Waals surface area contributed by atoms with E-state index >= 15 is 0 Å². The second-order valence-electron chi connectivity index (χ2n) is 10.3. The number of aromatic nitrogens is 2. The highest BCUT2D eigenvalue weighted by Crippen LogP contribution is 2.37. The number of pyridine rings is 1. The van der Waals surface area contributed by atoms with Gasteiger partial charge in [-0.3, -0.25) is 19.4 Å². The number of hydrogen-bond donors (Lipinski definition) is 4. The average Bonchev–Trinajstić information content (AvgIpc) is 3.51. The monoisotopic (exact) mass is 623 g/mol. The molecule has 0 saturated carbocycles. The summed E-state index contributed by atoms with van der Waals surface area (Å²) >= 11 is 1.36. The summed E-state index contributed by atoms with van der Waals surface area (Å²) in [5.41, 5.74) is 4.16. The first kappa shape index (κ1) is 30.1. The maximum atomic E-state index is 13.7. The molecule has 8 nitrogen and oxygen atoms in total. The molecule has 0 aliphatic heterocycles. The molecule has 6 rings (SSSR count). The van der Waals surface area contributed by atoms with Crippen molar-refractivity contribution in [2.75, 3.05) is 10.6 Å². The summed E-state index contributed by atoms with van der Waals surface area (Å²) < 4.78 is 0. The van der Waals surface area contributed by atoms with E-state index in [1.54, 1.807) is 73.2 Å². The van der Waals surface area contributed by atoms with Crippen LogP contribution in [0.3, 0.4) is 0 Å². The molecule has 0 saturated heterocycles. The van der Waals surface area contributed by atoms with Crippen LogP contribution < -0.4 is 16.0 Å². The minimum absolute atomic E-state index is 0.0792. The third kappa shape index (κ3) is 7.40. The molecular weight excluding hydrogens is 595 g/mol. The summed E-state index contributed by atoms with van der Waals surface area (Å²) in [6, 6.07) is 36.7. The minimum atomic E-state index is -0.567. The van der Waals surface area contributed by atoms with Crippen molar-refractivity contribution in [3.05, 3.63) is 162 Å². The number of benzene rings is 4. The van der Waals surface area contributed by atoms with Crippen LogP contribution in [0.25, 0.3) is 17.0 Å². The fourth-order valence-corrected chi connectivity index (χ4v) is 5.92. The van der Waals surface area contributed by atoms with Crippen LogP contribution in [-0.2, 0) is 9.59 Å². The van der Waals surface area contributed by atoms with Gasteiger partial charge in [0.15, 0.2) is 0 Å². The molecule has 46 heavy (non-hydrogen) atoms. The fraction of sp³-hybridized carbons (Fsp3) is 0.0270. The fourth-order valence-electron chi connectivity index (χ4n) is 4.84. The third-order valence-corrected chi connectivity index (χ3v) is 8.33. The van der Waals surface area contributed by atoms with Crippen LogP contribution in [0, 0.1) is 0 Å². The van der Waals surface area contributed by atoms with Crippen molar-refractivity contribution in [3.63, 3.8) is 0 Å². The largest absolute Gasteiger partial charge is 0.361 e. The molecule has 0 aliphatic carbocycles. The molecule has 4 N–H and O–H groups in total. The molecule has 4 aromatic carbocycles. The first-order valence-corrected chi connectivity index (χ1v) is 15.4. The first-order chi connectivity index (χ1) is 22.5. The number of nitrogens with one attached hydrogen (secondary N) is 4. The molecule has 0 fully saturated rings. The van der Waals surface area contributed by atoms with Crippen LogP contribution in [0.15, 0.2) is 151 Å². The number of fused-ring (bicyclic) bond motifs is 1. The van der Waals surface area contributed by atoms with Gasteiger partial charge < -0.3 is 20.9 Å². The standard InChI is InChI=1S/C37H29N5O3S/c43-35(26-12-5-2-6-13-26)42-33(22-27-24-39-32-17-8-7-16-31(27)32)36(44)41-29-14-9-15-30(23-29)46-34(25-10-3-1-4-11-25)37(45)40-28-18-20-38-21-19-28/h1-24,34,39H,(H,41,44)(H,42,43)(H,38,40,45)/b33-22-. The van der Waals surface area contributed by atoms with Crippen LogP contribution in [0.1, 0.15) is 26.7 Å². The third-order valence-electron chi connectivity index (χ3n) is 7.08. The normalized spacial score (nSPS) is 11.9. The molecule has 9 heteroatoms. The SMILES string of the molecule is O=C(Nc1cccc(SC(C(=O)Nc2ccncc2)c2ccccc2)c1)/C(=C/c1c[nH]c2ccccc12)NC(=O)c1ccccc1. The molecule has 226 valence electrons. The average molecular weight is 624 g/mol. The van der Waals surface area contributed by atoms with E-state index in [0.717, 1.165) is 26.9 Å². The Balaban J connectivity index is 1.25. The lowest BCUT2D eigenvalue weighted by molar-refractivity contribution is -0.116. The van der Waals surface area contributed by atoms with Crippen LogP contribution in [0.4, 0.5) is 11.4 Å². The van der Waals surface area contributed by atoms with Gasteiger partial charge in [-0.05, 0) is 60.2 Å². The second-order valence-corrected chi connectivity index (χ2v) is 11.5. The van der Waals surface area contributed by atoms with Gasteiger partial charge in [-0.15, -0.1) is 11.8 Å². The number of carbonyl (C=O) groups is 3. The molecule has 3 amide bonds. The van der Waals surface area contributed by atoms with Crippen molar-refractivity contribution < 1.29 is 14.4 Å². The van der Waals surface area contributed by atoms with E-state index in [1.165, 1.54) is 11.8 Å². The summed E-state index contributed by atoms with van der Waals surface area (Å²) in [5, 5.41) is 9.04. The molecule has 1 unspecified atom stereocenters. The first-order valence-electron chi connectivity index (χ1n) is 14.5. The van der Waals surface area contributed by atoms with Crippen molar-refractivity contribution in [2.24, 2.45) is 0 Å². The van der Waals surface area contributed by atoms with Gasteiger partial charge >= 0.3 is 0 Å². The van der Waals surface area contributed by atoms with E-state index < -0.39 is 17.1 Å². The summed E-state index contributed by atoms with van der Waals surface area (Å²) in [7, 11) is 0. The number of para-hydroxylation sites is 1. The topological polar surface area (TPSA) is 116 Å². The molecule has 1 atom stereocenters. The highest BCUT2D eigenvalue weighted by atomic mass is 32.2. The Morgan fingerprint density at radius 3 is 2.24 bits per heavy atom. The lowest BCUT2D eigenvalue weighted by atomic mass is 10.1. The number of rotatable bonds is 10. The molecule has 0 radical (unpaired) electrons. The number of amides is 3. The smallest absolute Gasteiger partial charge is 0.272 e. The van der Waals surface area contributed by atoms with E-state index in [9.17, 15) is 14.4 Å². The second kappa shape index (κ2) is 14.2. The molecule has 2 aromatic heterocycles. The highest BCUT2D eigenvalue weighted by molar-refractivity contribution is 8.00. The predicted octanol–water partition coefficient (Wildman–Crippen LogP) is 7.44. The van der Waals surface area contributed by atoms with E-state index in [1.807, 2.05) is 72.8 Å². The van der Waals surface area contributed by atoms with Crippen molar-refractivity contribution >= 4 is 57.8 Å². The van der Waals surface area contributed by atoms with Gasteiger partial charge in [0.2, 0.25) is 5.91 Å². The zero-order valence-electron chi connectivity index (χ0n) is 24.5. The number of anilines is 2. The van der Waals surface area contributed by atoms with Crippen molar-refractivity contribution in [2.45, 2.75) is 10.1 Å². The number of thioether (sulfide) groups is 1. The number of nitrogens with zero attached hydrogens (tertiary/aromatic N) is 1. The lowest BCUT2D eigenvalue weighted by Gasteiger charge is -2.18. The van der Waals surface area contributed by atoms with Crippen molar-refractivity contribution in [3.8, 4) is 0 Å². The Kier molecular flexibility index (Phi) is 9.32. The Morgan fingerprint density at radius 2 is 1.46 bits per heavy atom.